The van der Waals surface area contributed by atoms with Gasteiger partial charge in [0, 0.05) is 6.54 Å². The molecule has 1 aromatic rings. The maximum atomic E-state index is 12.4. The number of carbonyl (C=O) groups excluding carboxylic acids is 2. The van der Waals surface area contributed by atoms with Crippen molar-refractivity contribution in [3.8, 4) is 0 Å². The molecule has 1 aliphatic rings. The summed E-state index contributed by atoms with van der Waals surface area (Å²) in [5.74, 6) is -0.457. The molecule has 1 saturated heterocycles. The van der Waals surface area contributed by atoms with Crippen molar-refractivity contribution >= 4 is 11.8 Å². The minimum Gasteiger partial charge on any atom is -0.374 e. The number of nitrogens with zero attached hydrogens (tertiary/aromatic N) is 1. The first-order valence-corrected chi connectivity index (χ1v) is 7.04. The van der Waals surface area contributed by atoms with Crippen LogP contribution in [0.15, 0.2) is 30.3 Å². The van der Waals surface area contributed by atoms with Gasteiger partial charge < -0.3 is 20.7 Å². The highest BCUT2D eigenvalue weighted by atomic mass is 16.5. The summed E-state index contributed by atoms with van der Waals surface area (Å²) in [4.78, 5) is 25.3. The smallest absolute Gasteiger partial charge is 0.242 e. The van der Waals surface area contributed by atoms with Crippen LogP contribution in [0.4, 0.5) is 0 Å². The van der Waals surface area contributed by atoms with Gasteiger partial charge in [-0.25, -0.2) is 0 Å². The van der Waals surface area contributed by atoms with Gasteiger partial charge in [0.05, 0.1) is 31.8 Å². The number of morpholine rings is 1. The molecule has 1 aliphatic heterocycles. The largest absolute Gasteiger partial charge is 0.374 e. The molecule has 0 saturated carbocycles. The van der Waals surface area contributed by atoms with Crippen LogP contribution in [-0.2, 0) is 14.3 Å². The van der Waals surface area contributed by atoms with Crippen LogP contribution in [0.2, 0.25) is 0 Å². The van der Waals surface area contributed by atoms with Crippen LogP contribution < -0.4 is 11.1 Å². The van der Waals surface area contributed by atoms with Gasteiger partial charge in [-0.15, -0.1) is 0 Å². The number of benzene rings is 1. The maximum absolute atomic E-state index is 12.4. The standard InChI is InChI=1S/C15H21N3O3/c1-11-9-18(15(20)8-17-14(19)7-16)13(10-21-11)12-5-3-2-4-6-12/h2-6,11,13H,7-10,16H2,1H3,(H,17,19). The number of nitrogens with two attached hydrogens (primary N) is 1. The molecule has 2 atom stereocenters. The van der Waals surface area contributed by atoms with E-state index in [0.717, 1.165) is 5.56 Å². The van der Waals surface area contributed by atoms with Crippen molar-refractivity contribution in [3.05, 3.63) is 35.9 Å². The number of hydrogen-bond donors (Lipinski definition) is 2. The molecule has 2 amide bonds. The van der Waals surface area contributed by atoms with E-state index < -0.39 is 0 Å². The SMILES string of the molecule is CC1CN(C(=O)CNC(=O)CN)C(c2ccccc2)CO1. The van der Waals surface area contributed by atoms with E-state index in [9.17, 15) is 9.59 Å². The zero-order valence-corrected chi connectivity index (χ0v) is 12.1. The van der Waals surface area contributed by atoms with E-state index in [1.54, 1.807) is 4.90 Å². The molecule has 3 N–H and O–H groups in total. The lowest BCUT2D eigenvalue weighted by atomic mass is 10.0. The maximum Gasteiger partial charge on any atom is 0.242 e. The molecule has 2 unspecified atom stereocenters. The lowest BCUT2D eigenvalue weighted by Gasteiger charge is -2.39. The van der Waals surface area contributed by atoms with Crippen molar-refractivity contribution in [1.82, 2.24) is 10.2 Å². The number of nitrogens with one attached hydrogen (secondary N) is 1. The first-order chi connectivity index (χ1) is 10.1. The predicted molar refractivity (Wildman–Crippen MR) is 78.4 cm³/mol. The second-order valence-electron chi connectivity index (χ2n) is 5.10. The normalized spacial score (nSPS) is 21.9. The molecule has 0 radical (unpaired) electrons. The molecular formula is C15H21N3O3. The number of hydrogen-bond acceptors (Lipinski definition) is 4. The van der Waals surface area contributed by atoms with E-state index >= 15 is 0 Å². The van der Waals surface area contributed by atoms with Crippen LogP contribution >= 0.6 is 0 Å². The monoisotopic (exact) mass is 291 g/mol. The van der Waals surface area contributed by atoms with E-state index in [1.165, 1.54) is 0 Å². The van der Waals surface area contributed by atoms with Crippen LogP contribution in [0.3, 0.4) is 0 Å². The average Bonchev–Trinajstić information content (AvgIpc) is 2.53. The topological polar surface area (TPSA) is 84.7 Å². The van der Waals surface area contributed by atoms with Gasteiger partial charge in [-0.05, 0) is 12.5 Å². The van der Waals surface area contributed by atoms with E-state index in [2.05, 4.69) is 5.32 Å². The highest BCUT2D eigenvalue weighted by Gasteiger charge is 2.31. The Morgan fingerprint density at radius 2 is 2.10 bits per heavy atom. The minimum absolute atomic E-state index is 0.0147. The Bertz CT molecular complexity index is 492. The van der Waals surface area contributed by atoms with Crippen molar-refractivity contribution in [2.45, 2.75) is 19.1 Å². The summed E-state index contributed by atoms with van der Waals surface area (Å²) < 4.78 is 5.67. The first-order valence-electron chi connectivity index (χ1n) is 7.04. The van der Waals surface area contributed by atoms with Gasteiger partial charge in [-0.3, -0.25) is 9.59 Å². The van der Waals surface area contributed by atoms with E-state index in [0.29, 0.717) is 13.2 Å². The van der Waals surface area contributed by atoms with Crippen molar-refractivity contribution < 1.29 is 14.3 Å². The second kappa shape index (κ2) is 7.19. The number of carbonyl (C=O) groups is 2. The highest BCUT2D eigenvalue weighted by Crippen LogP contribution is 2.26. The van der Waals surface area contributed by atoms with Gasteiger partial charge in [-0.1, -0.05) is 30.3 Å². The van der Waals surface area contributed by atoms with E-state index in [-0.39, 0.29) is 37.0 Å². The third-order valence-electron chi connectivity index (χ3n) is 3.50. The van der Waals surface area contributed by atoms with Crippen molar-refractivity contribution in [2.24, 2.45) is 5.73 Å². The zero-order valence-electron chi connectivity index (χ0n) is 12.1. The molecule has 0 aliphatic carbocycles. The average molecular weight is 291 g/mol. The van der Waals surface area contributed by atoms with Crippen molar-refractivity contribution in [2.75, 3.05) is 26.2 Å². The lowest BCUT2D eigenvalue weighted by molar-refractivity contribution is -0.144. The summed E-state index contributed by atoms with van der Waals surface area (Å²) in [6.45, 7) is 2.75. The van der Waals surface area contributed by atoms with E-state index in [1.807, 2.05) is 37.3 Å². The number of rotatable bonds is 4. The Balaban J connectivity index is 2.08. The molecular weight excluding hydrogens is 270 g/mol. The van der Waals surface area contributed by atoms with Gasteiger partial charge in [0.15, 0.2) is 0 Å². The highest BCUT2D eigenvalue weighted by molar-refractivity contribution is 5.85. The molecule has 0 aromatic heterocycles. The Kier molecular flexibility index (Phi) is 5.30. The minimum atomic E-state index is -0.332. The van der Waals surface area contributed by atoms with Gasteiger partial charge in [0.2, 0.25) is 11.8 Å². The summed E-state index contributed by atoms with van der Waals surface area (Å²) in [7, 11) is 0. The first kappa shape index (κ1) is 15.5. The molecule has 1 fully saturated rings. The Labute approximate surface area is 124 Å². The van der Waals surface area contributed by atoms with Crippen LogP contribution in [0.5, 0.6) is 0 Å². The third-order valence-corrected chi connectivity index (χ3v) is 3.50. The molecule has 0 spiro atoms. The predicted octanol–water partition coefficient (Wildman–Crippen LogP) is 0.0499. The van der Waals surface area contributed by atoms with Gasteiger partial charge >= 0.3 is 0 Å². The molecule has 6 nitrogen and oxygen atoms in total. The summed E-state index contributed by atoms with van der Waals surface area (Å²) in [5, 5.41) is 2.52. The second-order valence-corrected chi connectivity index (χ2v) is 5.10. The molecule has 1 aromatic carbocycles. The summed E-state index contributed by atoms with van der Waals surface area (Å²) >= 11 is 0. The van der Waals surface area contributed by atoms with E-state index in [4.69, 9.17) is 10.5 Å². The summed E-state index contributed by atoms with van der Waals surface area (Å²) in [6.07, 6.45) is -0.0147. The third kappa shape index (κ3) is 4.03. The molecule has 21 heavy (non-hydrogen) atoms. The summed E-state index contributed by atoms with van der Waals surface area (Å²) in [6, 6.07) is 9.64. The number of amides is 2. The number of ether oxygens (including phenoxy) is 1. The van der Waals surface area contributed by atoms with Crippen LogP contribution in [0.25, 0.3) is 0 Å². The van der Waals surface area contributed by atoms with Crippen LogP contribution in [-0.4, -0.2) is 49.1 Å². The Morgan fingerprint density at radius 3 is 2.76 bits per heavy atom. The fraction of sp³-hybridized carbons (Fsp3) is 0.467. The lowest BCUT2D eigenvalue weighted by Crippen LogP contribution is -2.50. The summed E-state index contributed by atoms with van der Waals surface area (Å²) in [5.41, 5.74) is 6.25. The molecule has 6 heteroatoms. The Morgan fingerprint density at radius 1 is 1.38 bits per heavy atom. The fourth-order valence-electron chi connectivity index (χ4n) is 2.38. The quantitative estimate of drug-likeness (QED) is 0.821. The molecule has 114 valence electrons. The van der Waals surface area contributed by atoms with Crippen LogP contribution in [0, 0.1) is 0 Å². The van der Waals surface area contributed by atoms with Crippen molar-refractivity contribution in [3.63, 3.8) is 0 Å². The van der Waals surface area contributed by atoms with Gasteiger partial charge in [-0.2, -0.15) is 0 Å². The van der Waals surface area contributed by atoms with Gasteiger partial charge in [0.25, 0.3) is 0 Å². The van der Waals surface area contributed by atoms with Crippen LogP contribution in [0.1, 0.15) is 18.5 Å². The fourth-order valence-corrected chi connectivity index (χ4v) is 2.38. The van der Waals surface area contributed by atoms with Crippen molar-refractivity contribution in [1.29, 1.82) is 0 Å². The Hall–Kier alpha value is -1.92. The molecule has 1 heterocycles. The van der Waals surface area contributed by atoms with Gasteiger partial charge in [0.1, 0.15) is 0 Å². The molecule has 0 bridgehead atoms. The molecule has 2 rings (SSSR count). The zero-order chi connectivity index (χ0) is 15.2.